The molecule has 3 nitrogen and oxygen atoms in total. The molecular weight excluding hydrogens is 126 g/mol. The summed E-state index contributed by atoms with van der Waals surface area (Å²) in [6, 6.07) is 2.02. The quantitative estimate of drug-likeness (QED) is 0.343. The Morgan fingerprint density at radius 2 is 2.00 bits per heavy atom. The highest BCUT2D eigenvalue weighted by Crippen LogP contribution is 1.92. The van der Waals surface area contributed by atoms with Crippen molar-refractivity contribution in [1.82, 2.24) is 0 Å². The van der Waals surface area contributed by atoms with Crippen LogP contribution in [0.5, 0.6) is 0 Å². The minimum Gasteiger partial charge on any atom is -0.331 e. The Morgan fingerprint density at radius 1 is 1.40 bits per heavy atom. The normalized spacial score (nSPS) is 10.7. The van der Waals surface area contributed by atoms with Gasteiger partial charge in [-0.05, 0) is 0 Å². The van der Waals surface area contributed by atoms with E-state index < -0.39 is 0 Å². The van der Waals surface area contributed by atoms with E-state index in [1.165, 1.54) is 0 Å². The summed E-state index contributed by atoms with van der Waals surface area (Å²) in [5, 5.41) is 6.52. The van der Waals surface area contributed by atoms with Gasteiger partial charge in [-0.3, -0.25) is 0 Å². The highest BCUT2D eigenvalue weighted by atomic mass is 15.3. The van der Waals surface area contributed by atoms with Crippen molar-refractivity contribution >= 4 is 6.01 Å². The summed E-state index contributed by atoms with van der Waals surface area (Å²) in [5.41, 5.74) is 0. The van der Waals surface area contributed by atoms with Gasteiger partial charge in [-0.1, -0.05) is 0 Å². The molecule has 3 heteroatoms. The van der Waals surface area contributed by atoms with Gasteiger partial charge in [0.25, 0.3) is 0 Å². The van der Waals surface area contributed by atoms with Crippen LogP contribution in [-0.4, -0.2) is 44.7 Å². The molecule has 0 aliphatic heterocycles. The molecule has 0 aromatic carbocycles. The zero-order valence-corrected chi connectivity index (χ0v) is 7.02. The Kier molecular flexibility index (Phi) is 3.93. The Hall–Kier alpha value is -0.660. The van der Waals surface area contributed by atoms with Gasteiger partial charge >= 0.3 is 0 Å². The van der Waals surface area contributed by atoms with Crippen molar-refractivity contribution in [3.05, 3.63) is 0 Å². The minimum atomic E-state index is 0.735. The molecule has 1 N–H and O–H groups in total. The van der Waals surface area contributed by atoms with Gasteiger partial charge in [0.2, 0.25) is 0 Å². The van der Waals surface area contributed by atoms with Crippen molar-refractivity contribution < 1.29 is 4.48 Å². The van der Waals surface area contributed by atoms with Crippen LogP contribution in [0.1, 0.15) is 6.42 Å². The zero-order valence-electron chi connectivity index (χ0n) is 7.02. The second-order valence-corrected chi connectivity index (χ2v) is 3.36. The third kappa shape index (κ3) is 7.34. The Labute approximate surface area is 62.5 Å². The molecule has 0 aromatic heterocycles. The Morgan fingerprint density at radius 3 is 2.40 bits per heavy atom. The average molecular weight is 142 g/mol. The van der Waals surface area contributed by atoms with Gasteiger partial charge in [-0.15, -0.1) is 0 Å². The van der Waals surface area contributed by atoms with Crippen molar-refractivity contribution in [3.8, 4) is 0 Å². The highest BCUT2D eigenvalue weighted by molar-refractivity contribution is 5.35. The van der Waals surface area contributed by atoms with E-state index in [2.05, 4.69) is 26.1 Å². The predicted octanol–water partition coefficient (Wildman–Crippen LogP) is 0.835. The lowest BCUT2D eigenvalue weighted by atomic mass is 10.4. The van der Waals surface area contributed by atoms with E-state index in [0.717, 1.165) is 24.0 Å². The molecule has 0 aliphatic carbocycles. The SMILES string of the molecule is C[N+](C)(C)CCCN=C=N. The fraction of sp³-hybridized carbons (Fsp3) is 0.857. The standard InChI is InChI=1S/C7H16N3/c1-10(2,3)6-4-5-9-7-8/h8H,4-6H2,1-3H3/q+1. The van der Waals surface area contributed by atoms with Crippen LogP contribution in [0.15, 0.2) is 4.99 Å². The van der Waals surface area contributed by atoms with Crippen LogP contribution in [0.3, 0.4) is 0 Å². The van der Waals surface area contributed by atoms with Gasteiger partial charge in [0.05, 0.1) is 40.2 Å². The van der Waals surface area contributed by atoms with Gasteiger partial charge in [0, 0.05) is 6.42 Å². The molecule has 0 spiro atoms. The molecule has 0 bridgehead atoms. The van der Waals surface area contributed by atoms with E-state index >= 15 is 0 Å². The number of hydrogen-bond donors (Lipinski definition) is 1. The third-order valence-corrected chi connectivity index (χ3v) is 1.18. The maximum Gasteiger partial charge on any atom is 0.0861 e. The fourth-order valence-electron chi connectivity index (χ4n) is 0.680. The van der Waals surface area contributed by atoms with Crippen LogP contribution in [0.25, 0.3) is 0 Å². The molecule has 0 radical (unpaired) electrons. The van der Waals surface area contributed by atoms with Crippen molar-refractivity contribution in [2.75, 3.05) is 34.2 Å². The summed E-state index contributed by atoms with van der Waals surface area (Å²) >= 11 is 0. The van der Waals surface area contributed by atoms with Gasteiger partial charge in [-0.25, -0.2) is 10.4 Å². The first-order valence-corrected chi connectivity index (χ1v) is 3.45. The second-order valence-electron chi connectivity index (χ2n) is 3.36. The number of nitrogens with one attached hydrogen (secondary N) is 1. The molecule has 0 heterocycles. The molecule has 0 fully saturated rings. The van der Waals surface area contributed by atoms with Gasteiger partial charge in [0.15, 0.2) is 0 Å². The van der Waals surface area contributed by atoms with E-state index in [0.29, 0.717) is 0 Å². The topological polar surface area (TPSA) is 36.2 Å². The molecule has 0 saturated carbocycles. The van der Waals surface area contributed by atoms with E-state index in [1.807, 2.05) is 6.01 Å². The van der Waals surface area contributed by atoms with Crippen molar-refractivity contribution in [3.63, 3.8) is 0 Å². The highest BCUT2D eigenvalue weighted by Gasteiger charge is 2.03. The third-order valence-electron chi connectivity index (χ3n) is 1.18. The van der Waals surface area contributed by atoms with Crippen molar-refractivity contribution in [2.45, 2.75) is 6.42 Å². The van der Waals surface area contributed by atoms with Crippen LogP contribution < -0.4 is 0 Å². The van der Waals surface area contributed by atoms with Crippen LogP contribution in [0.2, 0.25) is 0 Å². The number of nitrogens with zero attached hydrogens (tertiary/aromatic N) is 2. The van der Waals surface area contributed by atoms with Gasteiger partial charge < -0.3 is 4.48 Å². The van der Waals surface area contributed by atoms with E-state index in [9.17, 15) is 0 Å². The van der Waals surface area contributed by atoms with Crippen molar-refractivity contribution in [1.29, 1.82) is 5.41 Å². The van der Waals surface area contributed by atoms with E-state index in [4.69, 9.17) is 5.41 Å². The smallest absolute Gasteiger partial charge is 0.0861 e. The summed E-state index contributed by atoms with van der Waals surface area (Å²) in [7, 11) is 6.44. The molecule has 0 aromatic rings. The number of hydrogen-bond acceptors (Lipinski definition) is 2. The lowest BCUT2D eigenvalue weighted by molar-refractivity contribution is -0.870. The molecule has 0 rings (SSSR count). The van der Waals surface area contributed by atoms with E-state index in [-0.39, 0.29) is 0 Å². The Balaban J connectivity index is 3.28. The molecule has 58 valence electrons. The lowest BCUT2D eigenvalue weighted by Gasteiger charge is -2.22. The van der Waals surface area contributed by atoms with Gasteiger partial charge in [-0.2, -0.15) is 0 Å². The molecule has 0 saturated heterocycles. The van der Waals surface area contributed by atoms with Crippen LogP contribution in [0, 0.1) is 5.41 Å². The first-order chi connectivity index (χ1) is 4.56. The summed E-state index contributed by atoms with van der Waals surface area (Å²) in [6.45, 7) is 1.84. The zero-order chi connectivity index (χ0) is 8.04. The first-order valence-electron chi connectivity index (χ1n) is 3.45. The van der Waals surface area contributed by atoms with Crippen LogP contribution >= 0.6 is 0 Å². The van der Waals surface area contributed by atoms with Crippen LogP contribution in [0.4, 0.5) is 0 Å². The molecule has 10 heavy (non-hydrogen) atoms. The summed E-state index contributed by atoms with van der Waals surface area (Å²) in [6.07, 6.45) is 1.04. The first kappa shape index (κ1) is 9.34. The maximum absolute atomic E-state index is 6.52. The Bertz CT molecular complexity index is 128. The lowest BCUT2D eigenvalue weighted by Crippen LogP contribution is -2.35. The molecule has 0 aliphatic rings. The maximum atomic E-state index is 6.52. The number of rotatable bonds is 4. The van der Waals surface area contributed by atoms with Gasteiger partial charge in [0.1, 0.15) is 0 Å². The molecule has 0 unspecified atom stereocenters. The molecular formula is C7H16N3+. The monoisotopic (exact) mass is 142 g/mol. The van der Waals surface area contributed by atoms with Crippen molar-refractivity contribution in [2.24, 2.45) is 4.99 Å². The predicted molar refractivity (Wildman–Crippen MR) is 42.5 cm³/mol. The van der Waals surface area contributed by atoms with Crippen LogP contribution in [-0.2, 0) is 0 Å². The van der Waals surface area contributed by atoms with E-state index in [1.54, 1.807) is 0 Å². The molecule has 0 atom stereocenters. The molecule has 0 amide bonds. The largest absolute Gasteiger partial charge is 0.331 e. The average Bonchev–Trinajstić information content (AvgIpc) is 1.78. The number of aliphatic imine (C=N–C) groups is 1. The number of quaternary nitrogens is 1. The summed E-state index contributed by atoms with van der Waals surface area (Å²) < 4.78 is 0.966. The summed E-state index contributed by atoms with van der Waals surface area (Å²) in [5.74, 6) is 0. The second kappa shape index (κ2) is 4.20. The fourth-order valence-corrected chi connectivity index (χ4v) is 0.680. The minimum absolute atomic E-state index is 0.735. The summed E-state index contributed by atoms with van der Waals surface area (Å²) in [4.78, 5) is 3.68.